The van der Waals surface area contributed by atoms with Gasteiger partial charge in [-0.05, 0) is 43.3 Å². The van der Waals surface area contributed by atoms with Crippen LogP contribution >= 0.6 is 11.6 Å². The van der Waals surface area contributed by atoms with Gasteiger partial charge in [-0.3, -0.25) is 9.59 Å². The third-order valence-electron chi connectivity index (χ3n) is 4.17. The van der Waals surface area contributed by atoms with Crippen LogP contribution in [0.25, 0.3) is 10.9 Å². The molecule has 0 atom stereocenters. The van der Waals surface area contributed by atoms with Crippen LogP contribution in [0.3, 0.4) is 0 Å². The highest BCUT2D eigenvalue weighted by atomic mass is 35.5. The van der Waals surface area contributed by atoms with E-state index in [9.17, 15) is 23.1 Å². The molecule has 1 heterocycles. The molecular formula is C19H17ClN2O6S. The SMILES string of the molecule is CC(=O)Nc1cccc2c1c(S(=O)(=O)Oc1ccc(Cl)cc1)c(C)n2CC(=O)O. The molecule has 2 N–H and O–H groups in total. The summed E-state index contributed by atoms with van der Waals surface area (Å²) in [5.41, 5.74) is 0.754. The molecular weight excluding hydrogens is 420 g/mol. The van der Waals surface area contributed by atoms with Crippen molar-refractivity contribution in [3.05, 3.63) is 53.2 Å². The molecule has 3 rings (SSSR count). The molecule has 0 spiro atoms. The number of anilines is 1. The van der Waals surface area contributed by atoms with Gasteiger partial charge < -0.3 is 19.2 Å². The Labute approximate surface area is 171 Å². The quantitative estimate of drug-likeness (QED) is 0.572. The van der Waals surface area contributed by atoms with E-state index in [-0.39, 0.29) is 27.4 Å². The number of carboxylic acid groups (broad SMARTS) is 1. The van der Waals surface area contributed by atoms with Crippen molar-refractivity contribution in [3.63, 3.8) is 0 Å². The van der Waals surface area contributed by atoms with Gasteiger partial charge >= 0.3 is 16.1 Å². The zero-order chi connectivity index (χ0) is 21.3. The number of nitrogens with zero attached hydrogens (tertiary/aromatic N) is 1. The van der Waals surface area contributed by atoms with Crippen molar-refractivity contribution in [2.45, 2.75) is 25.3 Å². The van der Waals surface area contributed by atoms with Gasteiger partial charge in [0.1, 0.15) is 17.2 Å². The molecule has 0 saturated heterocycles. The molecule has 2 aromatic carbocycles. The van der Waals surface area contributed by atoms with E-state index in [0.717, 1.165) is 0 Å². The van der Waals surface area contributed by atoms with Gasteiger partial charge in [-0.1, -0.05) is 17.7 Å². The van der Waals surface area contributed by atoms with Crippen molar-refractivity contribution in [3.8, 4) is 5.75 Å². The fourth-order valence-corrected chi connectivity index (χ4v) is 4.60. The van der Waals surface area contributed by atoms with Gasteiger partial charge in [-0.25, -0.2) is 0 Å². The van der Waals surface area contributed by atoms with Crippen LogP contribution in [0.4, 0.5) is 5.69 Å². The molecule has 0 bridgehead atoms. The Morgan fingerprint density at radius 2 is 1.83 bits per heavy atom. The van der Waals surface area contributed by atoms with Crippen molar-refractivity contribution >= 4 is 50.2 Å². The van der Waals surface area contributed by atoms with E-state index in [0.29, 0.717) is 10.5 Å². The van der Waals surface area contributed by atoms with E-state index in [4.69, 9.17) is 15.8 Å². The number of amides is 1. The highest BCUT2D eigenvalue weighted by Crippen LogP contribution is 2.36. The second-order valence-corrected chi connectivity index (χ2v) is 8.19. The molecule has 0 radical (unpaired) electrons. The summed E-state index contributed by atoms with van der Waals surface area (Å²) in [6.45, 7) is 2.32. The summed E-state index contributed by atoms with van der Waals surface area (Å²) in [7, 11) is -4.36. The van der Waals surface area contributed by atoms with Crippen LogP contribution < -0.4 is 9.50 Å². The molecule has 152 valence electrons. The smallest absolute Gasteiger partial charge is 0.341 e. The number of hydrogen-bond donors (Lipinski definition) is 2. The summed E-state index contributed by atoms with van der Waals surface area (Å²) in [6, 6.07) is 10.5. The van der Waals surface area contributed by atoms with Crippen LogP contribution in [0, 0.1) is 6.92 Å². The molecule has 0 unspecified atom stereocenters. The van der Waals surface area contributed by atoms with E-state index < -0.39 is 28.5 Å². The van der Waals surface area contributed by atoms with E-state index in [1.54, 1.807) is 12.1 Å². The number of carbonyl (C=O) groups is 2. The lowest BCUT2D eigenvalue weighted by Gasteiger charge is -2.10. The molecule has 1 aromatic heterocycles. The lowest BCUT2D eigenvalue weighted by molar-refractivity contribution is -0.137. The number of halogens is 1. The van der Waals surface area contributed by atoms with E-state index in [1.807, 2.05) is 0 Å². The Balaban J connectivity index is 2.26. The van der Waals surface area contributed by atoms with Gasteiger partial charge in [0.2, 0.25) is 5.91 Å². The highest BCUT2D eigenvalue weighted by molar-refractivity contribution is 7.87. The van der Waals surface area contributed by atoms with E-state index >= 15 is 0 Å². The third kappa shape index (κ3) is 4.20. The topological polar surface area (TPSA) is 115 Å². The summed E-state index contributed by atoms with van der Waals surface area (Å²) < 4.78 is 32.9. The monoisotopic (exact) mass is 436 g/mol. The number of aromatic nitrogens is 1. The standard InChI is InChI=1S/C19H17ClN2O6S/c1-11-19(29(26,27)28-14-8-6-13(20)7-9-14)18-15(21-12(2)23)4-3-5-16(18)22(11)10-17(24)25/h3-9H,10H2,1-2H3,(H,21,23)(H,24,25). The van der Waals surface area contributed by atoms with Gasteiger partial charge in [-0.2, -0.15) is 8.42 Å². The maximum atomic E-state index is 13.1. The van der Waals surface area contributed by atoms with Crippen molar-refractivity contribution < 1.29 is 27.3 Å². The van der Waals surface area contributed by atoms with Gasteiger partial charge in [0.15, 0.2) is 0 Å². The van der Waals surface area contributed by atoms with Crippen molar-refractivity contribution in [2.75, 3.05) is 5.32 Å². The highest BCUT2D eigenvalue weighted by Gasteiger charge is 2.29. The minimum Gasteiger partial charge on any atom is -0.480 e. The fraction of sp³-hybridized carbons (Fsp3) is 0.158. The molecule has 1 amide bonds. The molecule has 0 fully saturated rings. The molecule has 10 heteroatoms. The molecule has 0 aliphatic heterocycles. The second kappa shape index (κ2) is 7.76. The molecule has 3 aromatic rings. The summed E-state index contributed by atoms with van der Waals surface area (Å²) in [6.07, 6.45) is 0. The van der Waals surface area contributed by atoms with Crippen LogP contribution in [-0.2, 0) is 26.3 Å². The van der Waals surface area contributed by atoms with Gasteiger partial charge in [0.05, 0.1) is 11.2 Å². The summed E-state index contributed by atoms with van der Waals surface area (Å²) >= 11 is 5.82. The predicted molar refractivity (Wildman–Crippen MR) is 108 cm³/mol. The summed E-state index contributed by atoms with van der Waals surface area (Å²) in [5, 5.41) is 12.4. The Hall–Kier alpha value is -3.04. The van der Waals surface area contributed by atoms with Crippen LogP contribution in [0.2, 0.25) is 5.02 Å². The fourth-order valence-electron chi connectivity index (χ4n) is 3.09. The van der Waals surface area contributed by atoms with Crippen LogP contribution in [-0.4, -0.2) is 30.0 Å². The first-order valence-corrected chi connectivity index (χ1v) is 10.2. The Bertz CT molecular complexity index is 1220. The molecule has 0 saturated carbocycles. The number of fused-ring (bicyclic) bond motifs is 1. The predicted octanol–water partition coefficient (Wildman–Crippen LogP) is 3.41. The van der Waals surface area contributed by atoms with Crippen molar-refractivity contribution in [1.29, 1.82) is 0 Å². The first-order chi connectivity index (χ1) is 13.6. The zero-order valence-electron chi connectivity index (χ0n) is 15.5. The molecule has 0 aliphatic carbocycles. The molecule has 8 nitrogen and oxygen atoms in total. The number of benzene rings is 2. The zero-order valence-corrected chi connectivity index (χ0v) is 17.0. The summed E-state index contributed by atoms with van der Waals surface area (Å²) in [5.74, 6) is -1.49. The molecule has 0 aliphatic rings. The first kappa shape index (κ1) is 20.7. The first-order valence-electron chi connectivity index (χ1n) is 8.41. The maximum absolute atomic E-state index is 13.1. The van der Waals surface area contributed by atoms with Crippen molar-refractivity contribution in [1.82, 2.24) is 4.57 Å². The maximum Gasteiger partial charge on any atom is 0.341 e. The Morgan fingerprint density at radius 3 is 2.41 bits per heavy atom. The van der Waals surface area contributed by atoms with E-state index in [2.05, 4.69) is 5.32 Å². The van der Waals surface area contributed by atoms with Crippen molar-refractivity contribution in [2.24, 2.45) is 0 Å². The van der Waals surface area contributed by atoms with Crippen LogP contribution in [0.5, 0.6) is 5.75 Å². The van der Waals surface area contributed by atoms with Gasteiger partial charge in [0, 0.05) is 23.0 Å². The number of carbonyl (C=O) groups excluding carboxylic acids is 1. The minimum atomic E-state index is -4.36. The average molecular weight is 437 g/mol. The number of aliphatic carboxylic acids is 1. The third-order valence-corrected chi connectivity index (χ3v) is 5.83. The van der Waals surface area contributed by atoms with E-state index in [1.165, 1.54) is 48.7 Å². The summed E-state index contributed by atoms with van der Waals surface area (Å²) in [4.78, 5) is 22.7. The van der Waals surface area contributed by atoms with Crippen LogP contribution in [0.1, 0.15) is 12.6 Å². The lowest BCUT2D eigenvalue weighted by atomic mass is 10.2. The lowest BCUT2D eigenvalue weighted by Crippen LogP contribution is -2.14. The largest absolute Gasteiger partial charge is 0.480 e. The molecule has 29 heavy (non-hydrogen) atoms. The minimum absolute atomic E-state index is 0.0462. The number of hydrogen-bond acceptors (Lipinski definition) is 5. The normalized spacial score (nSPS) is 11.4. The number of rotatable bonds is 6. The second-order valence-electron chi connectivity index (χ2n) is 6.27. The Kier molecular flexibility index (Phi) is 5.54. The van der Waals surface area contributed by atoms with Crippen LogP contribution in [0.15, 0.2) is 47.4 Å². The van der Waals surface area contributed by atoms with Gasteiger partial charge in [0.25, 0.3) is 0 Å². The average Bonchev–Trinajstić information content (AvgIpc) is 2.90. The number of nitrogens with one attached hydrogen (secondary N) is 1. The Morgan fingerprint density at radius 1 is 1.17 bits per heavy atom. The van der Waals surface area contributed by atoms with Gasteiger partial charge in [-0.15, -0.1) is 0 Å². The number of carboxylic acids is 1.